The van der Waals surface area contributed by atoms with Crippen molar-refractivity contribution in [1.29, 1.82) is 0 Å². The Kier molecular flexibility index (Phi) is 7.47. The third-order valence-electron chi connectivity index (χ3n) is 4.83. The van der Waals surface area contributed by atoms with E-state index in [-0.39, 0.29) is 17.1 Å². The number of hydrogen-bond acceptors (Lipinski definition) is 11. The molecule has 0 saturated heterocycles. The SMILES string of the molecule is COc1cc(/C=C/c2ccc([N+](=O)[O-])cc2[N+](=O)[O-])ccc1OC(=O)c1cc([N+](=O)[O-])cc([N+](=O)[O-])c1. The minimum atomic E-state index is -1.12. The second kappa shape index (κ2) is 10.7. The third-order valence-corrected chi connectivity index (χ3v) is 4.83. The summed E-state index contributed by atoms with van der Waals surface area (Å²) in [5.74, 6) is -1.19. The van der Waals surface area contributed by atoms with E-state index >= 15 is 0 Å². The molecule has 188 valence electrons. The van der Waals surface area contributed by atoms with E-state index in [9.17, 15) is 45.3 Å². The van der Waals surface area contributed by atoms with Crippen LogP contribution < -0.4 is 9.47 Å². The molecule has 3 aromatic carbocycles. The Morgan fingerprint density at radius 2 is 1.32 bits per heavy atom. The molecule has 0 aromatic heterocycles. The van der Waals surface area contributed by atoms with Crippen molar-refractivity contribution in [3.8, 4) is 11.5 Å². The van der Waals surface area contributed by atoms with E-state index in [0.717, 1.165) is 24.3 Å². The number of benzene rings is 3. The van der Waals surface area contributed by atoms with E-state index in [0.29, 0.717) is 11.6 Å². The lowest BCUT2D eigenvalue weighted by Crippen LogP contribution is -2.10. The van der Waals surface area contributed by atoms with Crippen molar-refractivity contribution in [3.63, 3.8) is 0 Å². The van der Waals surface area contributed by atoms with Gasteiger partial charge in [0, 0.05) is 18.2 Å². The number of non-ortho nitro benzene ring substituents is 3. The fourth-order valence-corrected chi connectivity index (χ4v) is 3.09. The van der Waals surface area contributed by atoms with Crippen LogP contribution in [0.25, 0.3) is 12.2 Å². The summed E-state index contributed by atoms with van der Waals surface area (Å²) in [7, 11) is 1.26. The highest BCUT2D eigenvalue weighted by molar-refractivity contribution is 5.93. The average molecular weight is 510 g/mol. The van der Waals surface area contributed by atoms with Gasteiger partial charge in [-0.1, -0.05) is 12.1 Å². The van der Waals surface area contributed by atoms with E-state index in [1.54, 1.807) is 0 Å². The molecule has 0 aliphatic heterocycles. The first-order valence-corrected chi connectivity index (χ1v) is 9.95. The first-order valence-electron chi connectivity index (χ1n) is 9.95. The number of carbonyl (C=O) groups excluding carboxylic acids is 1. The van der Waals surface area contributed by atoms with E-state index < -0.39 is 54.0 Å². The zero-order chi connectivity index (χ0) is 27.3. The summed E-state index contributed by atoms with van der Waals surface area (Å²) in [6, 6.07) is 9.71. The monoisotopic (exact) mass is 510 g/mol. The number of carbonyl (C=O) groups is 1. The number of ether oxygens (including phenoxy) is 2. The molecular weight excluding hydrogens is 496 g/mol. The van der Waals surface area contributed by atoms with Crippen molar-refractivity contribution < 1.29 is 34.0 Å². The van der Waals surface area contributed by atoms with Crippen molar-refractivity contribution in [2.24, 2.45) is 0 Å². The van der Waals surface area contributed by atoms with Crippen LogP contribution in [0.5, 0.6) is 11.5 Å². The predicted molar refractivity (Wildman–Crippen MR) is 126 cm³/mol. The quantitative estimate of drug-likeness (QED) is 0.126. The van der Waals surface area contributed by atoms with Crippen LogP contribution in [-0.2, 0) is 0 Å². The molecule has 15 nitrogen and oxygen atoms in total. The van der Waals surface area contributed by atoms with E-state index in [2.05, 4.69) is 0 Å². The zero-order valence-electron chi connectivity index (χ0n) is 18.6. The minimum absolute atomic E-state index is 0.0358. The first kappa shape index (κ1) is 25.9. The molecule has 0 atom stereocenters. The molecule has 3 aromatic rings. The topological polar surface area (TPSA) is 208 Å². The summed E-state index contributed by atoms with van der Waals surface area (Å²) in [4.78, 5) is 53.6. The number of nitro groups is 4. The number of rotatable bonds is 9. The van der Waals surface area contributed by atoms with Gasteiger partial charge < -0.3 is 9.47 Å². The van der Waals surface area contributed by atoms with E-state index in [4.69, 9.17) is 9.47 Å². The molecule has 0 fully saturated rings. The summed E-state index contributed by atoms with van der Waals surface area (Å²) in [5.41, 5.74) is -2.16. The van der Waals surface area contributed by atoms with Gasteiger partial charge in [0.15, 0.2) is 11.5 Å². The van der Waals surface area contributed by atoms with Crippen LogP contribution in [0.2, 0.25) is 0 Å². The Morgan fingerprint density at radius 1 is 0.703 bits per heavy atom. The maximum atomic E-state index is 12.6. The summed E-state index contributed by atoms with van der Waals surface area (Å²) < 4.78 is 10.4. The van der Waals surface area contributed by atoms with Gasteiger partial charge >= 0.3 is 5.97 Å². The molecule has 0 unspecified atom stereocenters. The van der Waals surface area contributed by atoms with Crippen molar-refractivity contribution in [2.75, 3.05) is 7.11 Å². The van der Waals surface area contributed by atoms with Crippen molar-refractivity contribution >= 4 is 40.9 Å². The second-order valence-electron chi connectivity index (χ2n) is 7.14. The van der Waals surface area contributed by atoms with Crippen LogP contribution in [0.3, 0.4) is 0 Å². The molecule has 37 heavy (non-hydrogen) atoms. The highest BCUT2D eigenvalue weighted by Crippen LogP contribution is 2.32. The number of esters is 1. The van der Waals surface area contributed by atoms with Gasteiger partial charge in [-0.3, -0.25) is 40.5 Å². The number of methoxy groups -OCH3 is 1. The summed E-state index contributed by atoms with van der Waals surface area (Å²) in [5, 5.41) is 44.3. The minimum Gasteiger partial charge on any atom is -0.493 e. The summed E-state index contributed by atoms with van der Waals surface area (Å²) in [6.07, 6.45) is 2.80. The molecule has 0 saturated carbocycles. The summed E-state index contributed by atoms with van der Waals surface area (Å²) >= 11 is 0. The third kappa shape index (κ3) is 6.04. The largest absolute Gasteiger partial charge is 0.493 e. The molecule has 0 radical (unpaired) electrons. The molecule has 0 amide bonds. The van der Waals surface area contributed by atoms with Crippen LogP contribution in [0.1, 0.15) is 21.5 Å². The van der Waals surface area contributed by atoms with Gasteiger partial charge in [-0.05, 0) is 29.8 Å². The Labute approximate surface area is 205 Å². The fraction of sp³-hybridized carbons (Fsp3) is 0.0455. The first-order chi connectivity index (χ1) is 17.5. The second-order valence-corrected chi connectivity index (χ2v) is 7.14. The molecule has 0 bridgehead atoms. The maximum absolute atomic E-state index is 12.6. The van der Waals surface area contributed by atoms with Crippen molar-refractivity contribution in [3.05, 3.63) is 112 Å². The lowest BCUT2D eigenvalue weighted by molar-refractivity contribution is -0.394. The lowest BCUT2D eigenvalue weighted by Gasteiger charge is -2.10. The Hall–Kier alpha value is -5.73. The van der Waals surface area contributed by atoms with Crippen LogP contribution in [-0.4, -0.2) is 32.8 Å². The fourth-order valence-electron chi connectivity index (χ4n) is 3.09. The lowest BCUT2D eigenvalue weighted by atomic mass is 10.1. The van der Waals surface area contributed by atoms with Gasteiger partial charge in [0.1, 0.15) is 0 Å². The highest BCUT2D eigenvalue weighted by atomic mass is 16.6. The molecule has 0 aliphatic carbocycles. The van der Waals surface area contributed by atoms with Gasteiger partial charge in [0.05, 0.1) is 50.1 Å². The molecular formula is C22H14N4O11. The molecule has 0 spiro atoms. The van der Waals surface area contributed by atoms with Crippen LogP contribution in [0.4, 0.5) is 22.7 Å². The number of nitro benzene ring substituents is 4. The molecule has 0 heterocycles. The Balaban J connectivity index is 1.89. The predicted octanol–water partition coefficient (Wildman–Crippen LogP) is 4.72. The maximum Gasteiger partial charge on any atom is 0.344 e. The smallest absolute Gasteiger partial charge is 0.344 e. The van der Waals surface area contributed by atoms with Gasteiger partial charge in [-0.15, -0.1) is 0 Å². The van der Waals surface area contributed by atoms with Gasteiger partial charge in [0.2, 0.25) is 0 Å². The zero-order valence-corrected chi connectivity index (χ0v) is 18.6. The van der Waals surface area contributed by atoms with Crippen molar-refractivity contribution in [1.82, 2.24) is 0 Å². The van der Waals surface area contributed by atoms with Crippen LogP contribution in [0, 0.1) is 40.5 Å². The summed E-state index contributed by atoms with van der Waals surface area (Å²) in [6.45, 7) is 0. The highest BCUT2D eigenvalue weighted by Gasteiger charge is 2.22. The van der Waals surface area contributed by atoms with E-state index in [1.807, 2.05) is 0 Å². The standard InChI is InChI=1S/C22H14N4O11/c1-36-21-8-13(2-4-14-5-6-16(23(28)29)12-19(14)26(34)35)3-7-20(21)37-22(27)15-9-17(24(30)31)11-18(10-15)25(32)33/h2-12H,1H3/b4-2+. The van der Waals surface area contributed by atoms with Crippen LogP contribution in [0.15, 0.2) is 54.6 Å². The number of nitrogens with zero attached hydrogens (tertiary/aromatic N) is 4. The van der Waals surface area contributed by atoms with E-state index in [1.165, 1.54) is 43.5 Å². The van der Waals surface area contributed by atoms with Gasteiger partial charge in [0.25, 0.3) is 22.7 Å². The van der Waals surface area contributed by atoms with Gasteiger partial charge in [-0.2, -0.15) is 0 Å². The molecule has 15 heteroatoms. The molecule has 0 N–H and O–H groups in total. The van der Waals surface area contributed by atoms with Crippen molar-refractivity contribution in [2.45, 2.75) is 0 Å². The van der Waals surface area contributed by atoms with Gasteiger partial charge in [-0.25, -0.2) is 4.79 Å². The molecule has 3 rings (SSSR count). The average Bonchev–Trinajstić information content (AvgIpc) is 2.87. The molecule has 0 aliphatic rings. The Bertz CT molecular complexity index is 1450. The Morgan fingerprint density at radius 3 is 1.86 bits per heavy atom. The normalized spacial score (nSPS) is 10.6. The number of hydrogen-bond donors (Lipinski definition) is 0. The van der Waals surface area contributed by atoms with Crippen LogP contribution >= 0.6 is 0 Å².